The Bertz CT molecular complexity index is 1640. The summed E-state index contributed by atoms with van der Waals surface area (Å²) in [4.78, 5) is 27.2. The summed E-state index contributed by atoms with van der Waals surface area (Å²) in [5, 5.41) is -0.362. The molecule has 214 valence electrons. The average Bonchev–Trinajstić information content (AvgIpc) is 3.45. The lowest BCUT2D eigenvalue weighted by Crippen LogP contribution is -2.43. The van der Waals surface area contributed by atoms with E-state index in [9.17, 15) is 26.4 Å². The number of carbonyl (C=O) groups is 1. The molecule has 3 heterocycles. The van der Waals surface area contributed by atoms with Crippen LogP contribution in [0.2, 0.25) is 0 Å². The Hall–Kier alpha value is -4.26. The molecular formula is C28H26F3N5O4S. The molecular weight excluding hydrogens is 559 g/mol. The van der Waals surface area contributed by atoms with Crippen LogP contribution in [-0.2, 0) is 27.4 Å². The van der Waals surface area contributed by atoms with Gasteiger partial charge in [-0.3, -0.25) is 0 Å². The zero-order chi connectivity index (χ0) is 29.2. The number of amides is 1. The number of imidazole rings is 1. The molecule has 1 amide bonds. The molecule has 1 aliphatic heterocycles. The first-order chi connectivity index (χ1) is 19.5. The molecule has 0 radical (unpaired) electrons. The number of alkyl halides is 3. The third-order valence-electron chi connectivity index (χ3n) is 6.90. The molecule has 0 saturated carbocycles. The van der Waals surface area contributed by atoms with Gasteiger partial charge in [-0.1, -0.05) is 36.4 Å². The Morgan fingerprint density at radius 1 is 1.02 bits per heavy atom. The number of sulfone groups is 1. The summed E-state index contributed by atoms with van der Waals surface area (Å²) in [6, 6.07) is 15.7. The fourth-order valence-corrected chi connectivity index (χ4v) is 5.44. The number of benzene rings is 2. The topological polar surface area (TPSA) is 107 Å². The van der Waals surface area contributed by atoms with Crippen molar-refractivity contribution in [2.24, 2.45) is 0 Å². The number of piperidine rings is 1. The smallest absolute Gasteiger partial charge is 0.416 e. The second-order valence-electron chi connectivity index (χ2n) is 9.73. The standard InChI is InChI=1S/C28H26F3N5O4S/c1-41(38,39)26-33-12-10-24(34-26)23-17-35(27(37)40-18-19-6-3-2-4-7-19)14-11-22(23)25-32-13-15-36(25)21-9-5-8-20(16-21)28(29,30)31/h2-10,12-13,15-16,22-23H,11,14,17-18H2,1H3. The summed E-state index contributed by atoms with van der Waals surface area (Å²) < 4.78 is 71.8. The molecule has 2 atom stereocenters. The highest BCUT2D eigenvalue weighted by molar-refractivity contribution is 7.90. The van der Waals surface area contributed by atoms with Gasteiger partial charge in [0.05, 0.1) is 11.3 Å². The van der Waals surface area contributed by atoms with Crippen LogP contribution >= 0.6 is 0 Å². The van der Waals surface area contributed by atoms with Gasteiger partial charge < -0.3 is 14.2 Å². The molecule has 4 aromatic rings. The number of ether oxygens (including phenoxy) is 1. The van der Waals surface area contributed by atoms with Gasteiger partial charge in [0.25, 0.3) is 0 Å². The van der Waals surface area contributed by atoms with E-state index in [1.807, 2.05) is 30.3 Å². The van der Waals surface area contributed by atoms with Crippen LogP contribution in [0.15, 0.2) is 84.4 Å². The largest absolute Gasteiger partial charge is 0.445 e. The molecule has 2 aromatic carbocycles. The highest BCUT2D eigenvalue weighted by Crippen LogP contribution is 2.40. The van der Waals surface area contributed by atoms with Gasteiger partial charge in [-0.2, -0.15) is 13.2 Å². The van der Waals surface area contributed by atoms with Crippen LogP contribution in [0.25, 0.3) is 5.69 Å². The number of hydrogen-bond donors (Lipinski definition) is 0. The van der Waals surface area contributed by atoms with Crippen molar-refractivity contribution in [3.8, 4) is 5.69 Å². The lowest BCUT2D eigenvalue weighted by Gasteiger charge is -2.37. The van der Waals surface area contributed by atoms with E-state index < -0.39 is 39.5 Å². The Kier molecular flexibility index (Phi) is 7.80. The quantitative estimate of drug-likeness (QED) is 0.293. The third kappa shape index (κ3) is 6.40. The van der Waals surface area contributed by atoms with Crippen molar-refractivity contribution in [3.63, 3.8) is 0 Å². The van der Waals surface area contributed by atoms with Crippen LogP contribution in [0.3, 0.4) is 0 Å². The van der Waals surface area contributed by atoms with Crippen LogP contribution in [0.5, 0.6) is 0 Å². The Morgan fingerprint density at radius 3 is 2.54 bits per heavy atom. The maximum absolute atomic E-state index is 13.4. The van der Waals surface area contributed by atoms with Crippen LogP contribution in [0.4, 0.5) is 18.0 Å². The van der Waals surface area contributed by atoms with Crippen molar-refractivity contribution in [3.05, 3.63) is 102 Å². The number of hydrogen-bond acceptors (Lipinski definition) is 7. The normalized spacial score (nSPS) is 17.8. The van der Waals surface area contributed by atoms with Crippen LogP contribution in [-0.4, -0.2) is 58.3 Å². The van der Waals surface area contributed by atoms with Gasteiger partial charge in [0, 0.05) is 55.5 Å². The minimum atomic E-state index is -4.52. The molecule has 5 rings (SSSR count). The van der Waals surface area contributed by atoms with Gasteiger partial charge in [0.2, 0.25) is 15.0 Å². The van der Waals surface area contributed by atoms with Crippen molar-refractivity contribution in [1.29, 1.82) is 0 Å². The van der Waals surface area contributed by atoms with E-state index in [2.05, 4.69) is 15.0 Å². The Labute approximate surface area is 234 Å². The number of aromatic nitrogens is 4. The molecule has 9 nitrogen and oxygen atoms in total. The van der Waals surface area contributed by atoms with E-state index in [1.54, 1.807) is 22.9 Å². The van der Waals surface area contributed by atoms with E-state index >= 15 is 0 Å². The molecule has 1 fully saturated rings. The summed E-state index contributed by atoms with van der Waals surface area (Å²) in [6.45, 7) is 0.484. The van der Waals surface area contributed by atoms with Crippen molar-refractivity contribution in [2.75, 3.05) is 19.3 Å². The third-order valence-corrected chi connectivity index (χ3v) is 7.76. The number of rotatable bonds is 6. The molecule has 13 heteroatoms. The van der Waals surface area contributed by atoms with Gasteiger partial charge in [-0.05, 0) is 36.2 Å². The van der Waals surface area contributed by atoms with Crippen molar-refractivity contribution in [2.45, 2.75) is 36.2 Å². The summed E-state index contributed by atoms with van der Waals surface area (Å²) in [5.41, 5.74) is 0.666. The number of likely N-dealkylation sites (tertiary alicyclic amines) is 1. The molecule has 1 aliphatic rings. The second-order valence-corrected chi connectivity index (χ2v) is 11.6. The lowest BCUT2D eigenvalue weighted by atomic mass is 9.82. The zero-order valence-corrected chi connectivity index (χ0v) is 22.7. The van der Waals surface area contributed by atoms with E-state index in [-0.39, 0.29) is 30.5 Å². The van der Waals surface area contributed by atoms with Crippen LogP contribution < -0.4 is 0 Å². The summed E-state index contributed by atoms with van der Waals surface area (Å²) in [5.74, 6) is -0.505. The first kappa shape index (κ1) is 28.3. The average molecular weight is 586 g/mol. The molecule has 2 unspecified atom stereocenters. The summed E-state index contributed by atoms with van der Waals surface area (Å²) in [6.07, 6.45) is 0.711. The molecule has 0 aliphatic carbocycles. The van der Waals surface area contributed by atoms with E-state index in [0.29, 0.717) is 17.9 Å². The van der Waals surface area contributed by atoms with Crippen molar-refractivity contribution >= 4 is 15.9 Å². The van der Waals surface area contributed by atoms with Crippen molar-refractivity contribution in [1.82, 2.24) is 24.4 Å². The molecule has 41 heavy (non-hydrogen) atoms. The maximum atomic E-state index is 13.4. The van der Waals surface area contributed by atoms with E-state index in [1.165, 1.54) is 23.4 Å². The highest BCUT2D eigenvalue weighted by Gasteiger charge is 2.38. The van der Waals surface area contributed by atoms with Gasteiger partial charge in [0.1, 0.15) is 12.4 Å². The molecule has 0 N–H and O–H groups in total. The highest BCUT2D eigenvalue weighted by atomic mass is 32.2. The maximum Gasteiger partial charge on any atom is 0.416 e. The number of nitrogens with zero attached hydrogens (tertiary/aromatic N) is 5. The van der Waals surface area contributed by atoms with Gasteiger partial charge in [0.15, 0.2) is 0 Å². The Morgan fingerprint density at radius 2 is 1.80 bits per heavy atom. The fourth-order valence-electron chi connectivity index (χ4n) is 4.92. The van der Waals surface area contributed by atoms with Gasteiger partial charge in [-0.25, -0.2) is 28.2 Å². The Balaban J connectivity index is 1.48. The fraction of sp³-hybridized carbons (Fsp3) is 0.286. The minimum Gasteiger partial charge on any atom is -0.445 e. The van der Waals surface area contributed by atoms with E-state index in [4.69, 9.17) is 4.74 Å². The lowest BCUT2D eigenvalue weighted by molar-refractivity contribution is -0.137. The van der Waals surface area contributed by atoms with Crippen LogP contribution in [0, 0.1) is 0 Å². The SMILES string of the molecule is CS(=O)(=O)c1nccc(C2CN(C(=O)OCc3ccccc3)CCC2c2nccn2-c2cccc(C(F)(F)F)c2)n1. The van der Waals surface area contributed by atoms with Crippen molar-refractivity contribution < 1.29 is 31.1 Å². The predicted octanol–water partition coefficient (Wildman–Crippen LogP) is 4.99. The van der Waals surface area contributed by atoms with Crippen LogP contribution in [0.1, 0.15) is 40.9 Å². The predicted molar refractivity (Wildman–Crippen MR) is 142 cm³/mol. The molecule has 1 saturated heterocycles. The first-order valence-electron chi connectivity index (χ1n) is 12.7. The first-order valence-corrected chi connectivity index (χ1v) is 14.6. The number of carbonyl (C=O) groups excluding carboxylic acids is 1. The summed E-state index contributed by atoms with van der Waals surface area (Å²) >= 11 is 0. The minimum absolute atomic E-state index is 0.0793. The molecule has 2 aromatic heterocycles. The number of halogens is 3. The van der Waals surface area contributed by atoms with Gasteiger partial charge in [-0.15, -0.1) is 0 Å². The van der Waals surface area contributed by atoms with E-state index in [0.717, 1.165) is 24.0 Å². The molecule has 0 spiro atoms. The monoisotopic (exact) mass is 585 g/mol. The summed E-state index contributed by atoms with van der Waals surface area (Å²) in [7, 11) is -3.73. The zero-order valence-electron chi connectivity index (χ0n) is 21.9. The second kappa shape index (κ2) is 11.3. The van der Waals surface area contributed by atoms with Gasteiger partial charge >= 0.3 is 12.3 Å². The molecule has 0 bridgehead atoms.